The lowest BCUT2D eigenvalue weighted by atomic mass is 10.2. The van der Waals surface area contributed by atoms with E-state index in [1.165, 1.54) is 7.11 Å². The third-order valence-corrected chi connectivity index (χ3v) is 3.22. The van der Waals surface area contributed by atoms with E-state index >= 15 is 0 Å². The van der Waals surface area contributed by atoms with Crippen LogP contribution >= 0.6 is 0 Å². The molecule has 0 bridgehead atoms. The lowest BCUT2D eigenvalue weighted by Crippen LogP contribution is -2.30. The molecule has 0 aliphatic carbocycles. The lowest BCUT2D eigenvalue weighted by molar-refractivity contribution is 0.109. The maximum absolute atomic E-state index is 8.64. The Balaban J connectivity index is 0.000000200. The smallest absolute Gasteiger partial charge is 0.140 e. The Morgan fingerprint density at radius 3 is 1.75 bits per heavy atom. The van der Waals surface area contributed by atoms with Gasteiger partial charge >= 0.3 is 0 Å². The maximum Gasteiger partial charge on any atom is 0.140 e. The number of methoxy groups -OCH3 is 2. The fraction of sp³-hybridized carbons (Fsp3) is 0.588. The molecule has 3 rings (SSSR count). The van der Waals surface area contributed by atoms with Crippen LogP contribution < -0.4 is 20.1 Å². The van der Waals surface area contributed by atoms with Crippen LogP contribution in [0.5, 0.6) is 11.5 Å². The number of nitrogens with one attached hydrogen (secondary N) is 2. The predicted molar refractivity (Wildman–Crippen MR) is 91.6 cm³/mol. The fourth-order valence-corrected chi connectivity index (χ4v) is 1.92. The first-order chi connectivity index (χ1) is 11.8. The summed E-state index contributed by atoms with van der Waals surface area (Å²) >= 11 is 0. The topological polar surface area (TPSA) is 84.8 Å². The van der Waals surface area contributed by atoms with Gasteiger partial charge < -0.3 is 29.6 Å². The zero-order valence-electron chi connectivity index (χ0n) is 14.5. The first-order valence-electron chi connectivity index (χ1n) is 8.01. The Hall–Kier alpha value is -1.85. The van der Waals surface area contributed by atoms with Crippen LogP contribution in [-0.2, 0) is 9.47 Å². The highest BCUT2D eigenvalue weighted by molar-refractivity contribution is 5.47. The van der Waals surface area contributed by atoms with Crippen LogP contribution in [0.3, 0.4) is 0 Å². The zero-order valence-corrected chi connectivity index (χ0v) is 14.5. The third-order valence-electron chi connectivity index (χ3n) is 3.22. The van der Waals surface area contributed by atoms with E-state index in [9.17, 15) is 0 Å². The van der Waals surface area contributed by atoms with Crippen LogP contribution in [0, 0.1) is 11.3 Å². The van der Waals surface area contributed by atoms with Gasteiger partial charge in [-0.25, -0.2) is 0 Å². The third kappa shape index (κ3) is 8.70. The van der Waals surface area contributed by atoms with Crippen molar-refractivity contribution in [1.82, 2.24) is 10.6 Å². The standard InChI is InChI=1S/C9H9NO2.2C4H9NO/c1-11-8-4-3-7(6-10)9(5-8)12-2;2*1-3-6-4-2-5-1/h3-5H,1-2H3;2*5H,1-4H2. The molecule has 2 heterocycles. The van der Waals surface area contributed by atoms with Gasteiger partial charge in [0.15, 0.2) is 0 Å². The number of rotatable bonds is 2. The number of morpholine rings is 2. The summed E-state index contributed by atoms with van der Waals surface area (Å²) in [7, 11) is 3.09. The molecular formula is C17H27N3O4. The van der Waals surface area contributed by atoms with Gasteiger partial charge in [-0.1, -0.05) is 0 Å². The minimum absolute atomic E-state index is 0.512. The van der Waals surface area contributed by atoms with Gasteiger partial charge in [0.2, 0.25) is 0 Å². The van der Waals surface area contributed by atoms with E-state index in [4.69, 9.17) is 24.2 Å². The minimum Gasteiger partial charge on any atom is -0.497 e. The Morgan fingerprint density at radius 2 is 1.46 bits per heavy atom. The summed E-state index contributed by atoms with van der Waals surface area (Å²) in [5.41, 5.74) is 0.512. The van der Waals surface area contributed by atoms with Crippen molar-refractivity contribution in [3.05, 3.63) is 23.8 Å². The number of hydrogen-bond acceptors (Lipinski definition) is 7. The second kappa shape index (κ2) is 13.6. The average molecular weight is 337 g/mol. The summed E-state index contributed by atoms with van der Waals surface area (Å²) < 4.78 is 20.0. The molecule has 2 saturated heterocycles. The van der Waals surface area contributed by atoms with Crippen LogP contribution in [0.25, 0.3) is 0 Å². The molecule has 134 valence electrons. The van der Waals surface area contributed by atoms with Crippen molar-refractivity contribution in [2.24, 2.45) is 0 Å². The van der Waals surface area contributed by atoms with E-state index in [-0.39, 0.29) is 0 Å². The van der Waals surface area contributed by atoms with Gasteiger partial charge in [0, 0.05) is 32.2 Å². The molecule has 24 heavy (non-hydrogen) atoms. The molecule has 0 amide bonds. The van der Waals surface area contributed by atoms with Gasteiger partial charge in [-0.15, -0.1) is 0 Å². The Labute approximate surface area is 143 Å². The Bertz CT molecular complexity index is 448. The summed E-state index contributed by atoms with van der Waals surface area (Å²) in [5.74, 6) is 1.22. The van der Waals surface area contributed by atoms with E-state index in [0.29, 0.717) is 17.1 Å². The van der Waals surface area contributed by atoms with Crippen LogP contribution in [0.1, 0.15) is 5.56 Å². The number of nitriles is 1. The SMILES string of the molecule is C1COCCN1.C1COCCN1.COc1ccc(C#N)c(OC)c1. The number of nitrogens with zero attached hydrogens (tertiary/aromatic N) is 1. The lowest BCUT2D eigenvalue weighted by Gasteiger charge is -2.10. The van der Waals surface area contributed by atoms with Gasteiger partial charge in [-0.05, 0) is 12.1 Å². The summed E-state index contributed by atoms with van der Waals surface area (Å²) in [6.45, 7) is 7.67. The Morgan fingerprint density at radius 1 is 0.917 bits per heavy atom. The molecule has 1 aromatic rings. The van der Waals surface area contributed by atoms with Gasteiger partial charge in [0.05, 0.1) is 46.2 Å². The van der Waals surface area contributed by atoms with Crippen molar-refractivity contribution in [2.45, 2.75) is 0 Å². The molecule has 0 radical (unpaired) electrons. The molecular weight excluding hydrogens is 310 g/mol. The first kappa shape index (κ1) is 20.2. The average Bonchev–Trinajstić information content (AvgIpc) is 2.71. The van der Waals surface area contributed by atoms with Gasteiger partial charge in [0.1, 0.15) is 17.6 Å². The van der Waals surface area contributed by atoms with Crippen molar-refractivity contribution < 1.29 is 18.9 Å². The van der Waals surface area contributed by atoms with Crippen molar-refractivity contribution in [3.8, 4) is 17.6 Å². The van der Waals surface area contributed by atoms with Crippen LogP contribution in [0.2, 0.25) is 0 Å². The van der Waals surface area contributed by atoms with Crippen molar-refractivity contribution in [2.75, 3.05) is 66.8 Å². The minimum atomic E-state index is 0.512. The second-order valence-electron chi connectivity index (χ2n) is 4.90. The molecule has 2 aliphatic rings. The van der Waals surface area contributed by atoms with Crippen LogP contribution in [-0.4, -0.2) is 66.8 Å². The van der Waals surface area contributed by atoms with Crippen molar-refractivity contribution in [1.29, 1.82) is 5.26 Å². The van der Waals surface area contributed by atoms with Crippen LogP contribution in [0.15, 0.2) is 18.2 Å². The molecule has 0 atom stereocenters. The fourth-order valence-electron chi connectivity index (χ4n) is 1.92. The molecule has 7 nitrogen and oxygen atoms in total. The predicted octanol–water partition coefficient (Wildman–Crippen LogP) is 0.788. The normalized spacial score (nSPS) is 16.4. The van der Waals surface area contributed by atoms with E-state index < -0.39 is 0 Å². The first-order valence-corrected chi connectivity index (χ1v) is 8.01. The van der Waals surface area contributed by atoms with E-state index in [2.05, 4.69) is 10.6 Å². The zero-order chi connectivity index (χ0) is 17.5. The summed E-state index contributed by atoms with van der Waals surface area (Å²) in [5, 5.41) is 15.0. The molecule has 0 spiro atoms. The number of hydrogen-bond donors (Lipinski definition) is 2. The molecule has 0 aromatic heterocycles. The summed E-state index contributed by atoms with van der Waals surface area (Å²) in [4.78, 5) is 0. The Kier molecular flexibility index (Phi) is 11.4. The van der Waals surface area contributed by atoms with Crippen LogP contribution in [0.4, 0.5) is 0 Å². The van der Waals surface area contributed by atoms with E-state index in [1.807, 2.05) is 6.07 Å². The van der Waals surface area contributed by atoms with E-state index in [0.717, 1.165) is 52.6 Å². The maximum atomic E-state index is 8.64. The van der Waals surface area contributed by atoms with E-state index in [1.54, 1.807) is 25.3 Å². The molecule has 0 unspecified atom stereocenters. The summed E-state index contributed by atoms with van der Waals surface area (Å²) in [6, 6.07) is 7.08. The quantitative estimate of drug-likeness (QED) is 0.825. The van der Waals surface area contributed by atoms with Crippen molar-refractivity contribution in [3.63, 3.8) is 0 Å². The number of ether oxygens (including phenoxy) is 4. The molecule has 2 N–H and O–H groups in total. The molecule has 2 aliphatic heterocycles. The second-order valence-corrected chi connectivity index (χ2v) is 4.90. The monoisotopic (exact) mass is 337 g/mol. The molecule has 7 heteroatoms. The highest BCUT2D eigenvalue weighted by atomic mass is 16.5. The number of benzene rings is 1. The van der Waals surface area contributed by atoms with Gasteiger partial charge in [0.25, 0.3) is 0 Å². The largest absolute Gasteiger partial charge is 0.497 e. The van der Waals surface area contributed by atoms with Gasteiger partial charge in [-0.2, -0.15) is 5.26 Å². The van der Waals surface area contributed by atoms with Crippen molar-refractivity contribution >= 4 is 0 Å². The highest BCUT2D eigenvalue weighted by Gasteiger charge is 2.02. The van der Waals surface area contributed by atoms with Gasteiger partial charge in [-0.3, -0.25) is 0 Å². The molecule has 0 saturated carbocycles. The molecule has 2 fully saturated rings. The highest BCUT2D eigenvalue weighted by Crippen LogP contribution is 2.23. The molecule has 1 aromatic carbocycles. The summed E-state index contributed by atoms with van der Waals surface area (Å²) in [6.07, 6.45) is 0.